The van der Waals surface area contributed by atoms with Gasteiger partial charge in [-0.15, -0.1) is 0 Å². The molecule has 0 aromatic carbocycles. The van der Waals surface area contributed by atoms with Gasteiger partial charge in [0.25, 0.3) is 0 Å². The van der Waals surface area contributed by atoms with E-state index in [9.17, 15) is 0 Å². The van der Waals surface area contributed by atoms with Gasteiger partial charge in [0.05, 0.1) is 0 Å². The van der Waals surface area contributed by atoms with Gasteiger partial charge in [-0.25, -0.2) is 0 Å². The van der Waals surface area contributed by atoms with E-state index in [1.807, 2.05) is 0 Å². The maximum absolute atomic E-state index is 6.00. The maximum Gasteiger partial charge on any atom is 2.00 e. The molecule has 0 aliphatic rings. The Kier molecular flexibility index (Phi) is 120. The second-order valence-electron chi connectivity index (χ2n) is 0. The van der Waals surface area contributed by atoms with E-state index in [1.54, 1.807) is 0 Å². The third kappa shape index (κ3) is 18.4. The second kappa shape index (κ2) is 25.6. The quantitative estimate of drug-likeness (QED) is 0.320. The molecule has 0 saturated heterocycles. The molecule has 0 saturated carbocycles. The van der Waals surface area contributed by atoms with Gasteiger partial charge in [0.15, 0.2) is 17.4 Å². The van der Waals surface area contributed by atoms with Crippen LogP contribution in [0.1, 0.15) is 5.71 Å². The van der Waals surface area contributed by atoms with Crippen molar-refractivity contribution in [1.82, 2.24) is 0 Å². The van der Waals surface area contributed by atoms with Crippen LogP contribution in [0.3, 0.4) is 0 Å². The van der Waals surface area contributed by atoms with E-state index in [2.05, 4.69) is 0 Å². The summed E-state index contributed by atoms with van der Waals surface area (Å²) in [5.41, 5.74) is 0. The summed E-state index contributed by atoms with van der Waals surface area (Å²) in [6.45, 7) is 0. The molecule has 28 valence electrons. The van der Waals surface area contributed by atoms with Crippen molar-refractivity contribution in [3.8, 4) is 0 Å². The van der Waals surface area contributed by atoms with Crippen molar-refractivity contribution >= 4 is 115 Å². The third-order valence-electron chi connectivity index (χ3n) is 0. The van der Waals surface area contributed by atoms with Gasteiger partial charge in [-0.05, 0) is 0 Å². The van der Waals surface area contributed by atoms with Crippen molar-refractivity contribution in [1.29, 1.82) is 0 Å². The third-order valence-corrected chi connectivity index (χ3v) is 0. The zero-order valence-electron chi connectivity index (χ0n) is 6.31. The Hall–Kier alpha value is 3.60. The maximum atomic E-state index is 6.00. The standard InChI is InChI=1S/Al.2Ba.H2O2.7H/c;;;1-2;;;;;;;/h;;;1-2H;;;;;;;/q;2*+2;;;;;4*-1. The molecule has 0 bridgehead atoms. The van der Waals surface area contributed by atoms with Crippen LogP contribution in [-0.4, -0.2) is 126 Å². The summed E-state index contributed by atoms with van der Waals surface area (Å²) in [5, 5.41) is 12.0. The Morgan fingerprint density at radius 3 is 1.00 bits per heavy atom. The molecular weight excluding hydrogens is 334 g/mol. The van der Waals surface area contributed by atoms with Gasteiger partial charge in [0.1, 0.15) is 0 Å². The minimum absolute atomic E-state index is 0. The predicted octanol–water partition coefficient (Wildman–Crippen LogP) is -1.48. The van der Waals surface area contributed by atoms with E-state index in [0.717, 1.165) is 0 Å². The minimum atomic E-state index is 0. The van der Waals surface area contributed by atoms with Crippen LogP contribution >= 0.6 is 0 Å². The summed E-state index contributed by atoms with van der Waals surface area (Å²) in [6.07, 6.45) is 0. The van der Waals surface area contributed by atoms with Gasteiger partial charge in [-0.2, -0.15) is 0 Å². The van der Waals surface area contributed by atoms with Crippen LogP contribution in [0.2, 0.25) is 0 Å². The average Bonchev–Trinajstić information content (AvgIpc) is 1.00. The molecule has 0 aliphatic heterocycles. The van der Waals surface area contributed by atoms with Crippen LogP contribution in [0, 0.1) is 0 Å². The first-order valence-corrected chi connectivity index (χ1v) is 0.200. The summed E-state index contributed by atoms with van der Waals surface area (Å²) >= 11 is 0. The van der Waals surface area contributed by atoms with Gasteiger partial charge < -0.3 is 5.71 Å². The number of hydrogen-bond acceptors (Lipinski definition) is 2. The van der Waals surface area contributed by atoms with Crippen LogP contribution in [0.4, 0.5) is 0 Å². The van der Waals surface area contributed by atoms with Crippen molar-refractivity contribution < 1.29 is 16.2 Å². The summed E-state index contributed by atoms with van der Waals surface area (Å²) in [7, 11) is 0. The smallest absolute Gasteiger partial charge is 1.00 e. The van der Waals surface area contributed by atoms with Crippen molar-refractivity contribution in [3.63, 3.8) is 0 Å². The molecule has 0 fully saturated rings. The van der Waals surface area contributed by atoms with Crippen LogP contribution in [0.15, 0.2) is 0 Å². The van der Waals surface area contributed by atoms with Gasteiger partial charge in [-0.3, -0.25) is 10.5 Å². The molecule has 2 N–H and O–H groups in total. The molecule has 0 heterocycles. The summed E-state index contributed by atoms with van der Waals surface area (Å²) in [5.74, 6) is 0. The van der Waals surface area contributed by atoms with Crippen LogP contribution in [0.25, 0.3) is 0 Å². The molecule has 5 heavy (non-hydrogen) atoms. The van der Waals surface area contributed by atoms with Gasteiger partial charge in [0, 0.05) is 0 Å². The van der Waals surface area contributed by atoms with Gasteiger partial charge in [0.2, 0.25) is 0 Å². The minimum Gasteiger partial charge on any atom is -1.00 e. The van der Waals surface area contributed by atoms with Crippen LogP contribution in [-0.2, 0) is 0 Å². The average molecular weight is 343 g/mol. The Morgan fingerprint density at radius 1 is 1.00 bits per heavy atom. The number of hydrogen-bond donors (Lipinski definition) is 2. The van der Waals surface area contributed by atoms with Crippen molar-refractivity contribution in [2.75, 3.05) is 0 Å². The molecule has 0 unspecified atom stereocenters. The molecule has 0 atom stereocenters. The molecular formula is H9AlBa2O2. The number of rotatable bonds is 0. The first kappa shape index (κ1) is 23.5. The molecule has 0 aromatic heterocycles. The largest absolute Gasteiger partial charge is 2.00 e. The normalized spacial score (nSPS) is 1.20. The Morgan fingerprint density at radius 2 is 1.00 bits per heavy atom. The van der Waals surface area contributed by atoms with Crippen LogP contribution in [0.5, 0.6) is 0 Å². The summed E-state index contributed by atoms with van der Waals surface area (Å²) in [6, 6.07) is 0. The van der Waals surface area contributed by atoms with Crippen molar-refractivity contribution in [2.45, 2.75) is 0 Å². The fraction of sp³-hybridized carbons (Fsp3) is 0. The van der Waals surface area contributed by atoms with E-state index >= 15 is 0 Å². The van der Waals surface area contributed by atoms with Gasteiger partial charge >= 0.3 is 97.8 Å². The second-order valence-corrected chi connectivity index (χ2v) is 0. The fourth-order valence-corrected chi connectivity index (χ4v) is 0. The summed E-state index contributed by atoms with van der Waals surface area (Å²) < 4.78 is 0. The Bertz CT molecular complexity index is 16.5. The zero-order valence-corrected chi connectivity index (χ0v) is 11.2. The molecule has 0 amide bonds. The fourth-order valence-electron chi connectivity index (χ4n) is 0. The topological polar surface area (TPSA) is 40.5 Å². The molecule has 2 nitrogen and oxygen atoms in total. The predicted molar refractivity (Wildman–Crippen MR) is 31.2 cm³/mol. The zero-order chi connectivity index (χ0) is 2.00. The first-order valence-electron chi connectivity index (χ1n) is 0.200. The molecule has 0 spiro atoms. The first-order chi connectivity index (χ1) is 1.00. The molecule has 0 rings (SSSR count). The van der Waals surface area contributed by atoms with E-state index in [4.69, 9.17) is 10.5 Å². The van der Waals surface area contributed by atoms with E-state index in [-0.39, 0.29) is 121 Å². The van der Waals surface area contributed by atoms with E-state index < -0.39 is 0 Å². The molecule has 0 radical (unpaired) electrons. The monoisotopic (exact) mass is 344 g/mol. The Balaban J connectivity index is -0.000000000238. The van der Waals surface area contributed by atoms with Crippen molar-refractivity contribution in [2.24, 2.45) is 0 Å². The van der Waals surface area contributed by atoms with E-state index in [1.165, 1.54) is 0 Å². The van der Waals surface area contributed by atoms with Crippen LogP contribution < -0.4 is 0 Å². The SMILES string of the molecule is OO.[AlH3].[Ba+2].[Ba+2].[H-].[H-].[H-].[H-]. The Labute approximate surface area is 128 Å². The molecule has 0 aromatic rings. The van der Waals surface area contributed by atoms with Crippen molar-refractivity contribution in [3.05, 3.63) is 0 Å². The van der Waals surface area contributed by atoms with E-state index in [0.29, 0.717) is 0 Å². The molecule has 0 aliphatic carbocycles. The van der Waals surface area contributed by atoms with Gasteiger partial charge in [-0.1, -0.05) is 0 Å². The summed E-state index contributed by atoms with van der Waals surface area (Å²) in [4.78, 5) is 0. The molecule has 5 heteroatoms.